The van der Waals surface area contributed by atoms with Crippen molar-refractivity contribution >= 4 is 57.2 Å². The number of amides is 2. The number of likely N-dealkylation sites (tertiary alicyclic amines) is 1. The van der Waals surface area contributed by atoms with E-state index in [9.17, 15) is 9.59 Å². The van der Waals surface area contributed by atoms with Gasteiger partial charge < -0.3 is 15.5 Å². The minimum atomic E-state index is -0.517. The molecule has 4 rings (SSSR count). The third kappa shape index (κ3) is 4.98. The molecule has 1 atom stereocenters. The Morgan fingerprint density at radius 3 is 2.87 bits per heavy atom. The third-order valence-corrected chi connectivity index (χ3v) is 6.48. The van der Waals surface area contributed by atoms with Crippen LogP contribution < -0.4 is 10.6 Å². The Morgan fingerprint density at radius 1 is 1.19 bits per heavy atom. The van der Waals surface area contributed by atoms with E-state index in [-0.39, 0.29) is 17.5 Å². The largest absolute Gasteiger partial charge is 0.349 e. The predicted molar refractivity (Wildman–Crippen MR) is 122 cm³/mol. The lowest BCUT2D eigenvalue weighted by Crippen LogP contribution is -2.45. The monoisotopic (exact) mass is 475 g/mol. The number of anilines is 2. The number of nitrogens with zero attached hydrogens (tertiary/aromatic N) is 3. The Balaban J connectivity index is 1.41. The highest BCUT2D eigenvalue weighted by Crippen LogP contribution is 2.33. The second kappa shape index (κ2) is 9.64. The molecule has 1 aliphatic rings. The average Bonchev–Trinajstić information content (AvgIpc) is 3.45. The van der Waals surface area contributed by atoms with Crippen molar-refractivity contribution < 1.29 is 9.59 Å². The van der Waals surface area contributed by atoms with Crippen LogP contribution in [0.1, 0.15) is 29.0 Å². The summed E-state index contributed by atoms with van der Waals surface area (Å²) < 4.78 is 0. The molecule has 31 heavy (non-hydrogen) atoms. The fourth-order valence-electron chi connectivity index (χ4n) is 3.37. The Morgan fingerprint density at radius 2 is 2.06 bits per heavy atom. The molecule has 3 aromatic rings. The van der Waals surface area contributed by atoms with Gasteiger partial charge in [-0.2, -0.15) is 0 Å². The first-order valence-electron chi connectivity index (χ1n) is 9.68. The van der Waals surface area contributed by atoms with Crippen molar-refractivity contribution in [2.24, 2.45) is 0 Å². The average molecular weight is 476 g/mol. The molecule has 10 heteroatoms. The number of nitrogens with one attached hydrogen (secondary N) is 2. The van der Waals surface area contributed by atoms with Crippen molar-refractivity contribution in [1.29, 1.82) is 0 Å². The molecular formula is C21H19Cl2N5O2S. The van der Waals surface area contributed by atoms with Gasteiger partial charge in [0.05, 0.1) is 28.0 Å². The lowest BCUT2D eigenvalue weighted by atomic mass is 10.2. The standard InChI is InChI=1S/C21H19Cl2N5O2S/c22-14-6-3-7-15(18(14)23)26-21-27-16(12-31-21)20(30)28-10-4-8-17(28)19(29)25-11-13-5-1-2-9-24-13/h1-3,5-7,9,12,17H,4,8,10-11H2,(H,25,29)(H,26,27). The summed E-state index contributed by atoms with van der Waals surface area (Å²) in [4.78, 5) is 35.9. The minimum absolute atomic E-state index is 0.184. The lowest BCUT2D eigenvalue weighted by Gasteiger charge is -2.23. The van der Waals surface area contributed by atoms with Gasteiger partial charge in [-0.1, -0.05) is 35.3 Å². The van der Waals surface area contributed by atoms with Crippen LogP contribution in [0.5, 0.6) is 0 Å². The maximum atomic E-state index is 13.0. The molecule has 1 saturated heterocycles. The number of hydrogen-bond acceptors (Lipinski definition) is 6. The molecule has 2 N–H and O–H groups in total. The van der Waals surface area contributed by atoms with E-state index < -0.39 is 6.04 Å². The Hall–Kier alpha value is -2.68. The number of aromatic nitrogens is 2. The summed E-state index contributed by atoms with van der Waals surface area (Å²) in [7, 11) is 0. The summed E-state index contributed by atoms with van der Waals surface area (Å²) >= 11 is 13.5. The predicted octanol–water partition coefficient (Wildman–Crippen LogP) is 4.51. The van der Waals surface area contributed by atoms with E-state index in [2.05, 4.69) is 20.6 Å². The molecule has 2 amide bonds. The number of carbonyl (C=O) groups excluding carboxylic acids is 2. The topological polar surface area (TPSA) is 87.2 Å². The SMILES string of the molecule is O=C(NCc1ccccn1)C1CCCN1C(=O)c1csc(Nc2cccc(Cl)c2Cl)n1. The summed E-state index contributed by atoms with van der Waals surface area (Å²) in [6, 6.07) is 10.3. The molecule has 1 unspecified atom stereocenters. The zero-order valence-electron chi connectivity index (χ0n) is 16.3. The summed E-state index contributed by atoms with van der Waals surface area (Å²) in [6.45, 7) is 0.838. The van der Waals surface area contributed by atoms with Gasteiger partial charge in [0.2, 0.25) is 5.91 Å². The van der Waals surface area contributed by atoms with Gasteiger partial charge in [0.1, 0.15) is 11.7 Å². The minimum Gasteiger partial charge on any atom is -0.349 e. The second-order valence-electron chi connectivity index (χ2n) is 6.96. The van der Waals surface area contributed by atoms with E-state index in [0.717, 1.165) is 12.1 Å². The van der Waals surface area contributed by atoms with Crippen LogP contribution in [0.3, 0.4) is 0 Å². The van der Waals surface area contributed by atoms with E-state index in [0.29, 0.717) is 40.4 Å². The number of benzene rings is 1. The first kappa shape index (κ1) is 21.5. The first-order valence-corrected chi connectivity index (χ1v) is 11.3. The molecule has 3 heterocycles. The van der Waals surface area contributed by atoms with Gasteiger partial charge >= 0.3 is 0 Å². The van der Waals surface area contributed by atoms with Gasteiger partial charge in [-0.3, -0.25) is 14.6 Å². The molecule has 2 aromatic heterocycles. The summed E-state index contributed by atoms with van der Waals surface area (Å²) in [5, 5.41) is 8.96. The van der Waals surface area contributed by atoms with Crippen molar-refractivity contribution in [3.8, 4) is 0 Å². The fraction of sp³-hybridized carbons (Fsp3) is 0.238. The van der Waals surface area contributed by atoms with Gasteiger partial charge in [0.25, 0.3) is 5.91 Å². The molecule has 0 saturated carbocycles. The fourth-order valence-corrected chi connectivity index (χ4v) is 4.42. The number of rotatable bonds is 6. The molecule has 0 spiro atoms. The highest BCUT2D eigenvalue weighted by atomic mass is 35.5. The first-order chi connectivity index (χ1) is 15.0. The van der Waals surface area contributed by atoms with Crippen molar-refractivity contribution in [3.63, 3.8) is 0 Å². The molecule has 7 nitrogen and oxygen atoms in total. The lowest BCUT2D eigenvalue weighted by molar-refractivity contribution is -0.125. The Bertz CT molecular complexity index is 1090. The quantitative estimate of drug-likeness (QED) is 0.547. The summed E-state index contributed by atoms with van der Waals surface area (Å²) in [6.07, 6.45) is 3.06. The Labute approximate surface area is 193 Å². The van der Waals surface area contributed by atoms with Crippen LogP contribution in [0.2, 0.25) is 10.0 Å². The van der Waals surface area contributed by atoms with Gasteiger partial charge in [-0.25, -0.2) is 4.98 Å². The van der Waals surface area contributed by atoms with E-state index >= 15 is 0 Å². The molecule has 1 aliphatic heterocycles. The van der Waals surface area contributed by atoms with Crippen LogP contribution in [0.15, 0.2) is 48.0 Å². The number of thiazole rings is 1. The van der Waals surface area contributed by atoms with E-state index in [1.807, 2.05) is 18.2 Å². The molecule has 0 bridgehead atoms. The maximum Gasteiger partial charge on any atom is 0.274 e. The van der Waals surface area contributed by atoms with Crippen molar-refractivity contribution in [2.45, 2.75) is 25.4 Å². The zero-order chi connectivity index (χ0) is 21.8. The van der Waals surface area contributed by atoms with Crippen LogP contribution >= 0.6 is 34.5 Å². The highest BCUT2D eigenvalue weighted by molar-refractivity contribution is 7.14. The van der Waals surface area contributed by atoms with Crippen LogP contribution in [-0.4, -0.2) is 39.3 Å². The summed E-state index contributed by atoms with van der Waals surface area (Å²) in [5.41, 5.74) is 1.66. The van der Waals surface area contributed by atoms with E-state index in [4.69, 9.17) is 23.2 Å². The molecule has 1 fully saturated rings. The van der Waals surface area contributed by atoms with Crippen LogP contribution in [0, 0.1) is 0 Å². The van der Waals surface area contributed by atoms with Crippen LogP contribution in [0.25, 0.3) is 0 Å². The number of carbonyl (C=O) groups is 2. The number of halogens is 2. The third-order valence-electron chi connectivity index (χ3n) is 4.90. The van der Waals surface area contributed by atoms with Crippen LogP contribution in [-0.2, 0) is 11.3 Å². The van der Waals surface area contributed by atoms with Gasteiger partial charge in [0, 0.05) is 18.1 Å². The van der Waals surface area contributed by atoms with Gasteiger partial charge in [-0.15, -0.1) is 11.3 Å². The van der Waals surface area contributed by atoms with Crippen LogP contribution in [0.4, 0.5) is 10.8 Å². The highest BCUT2D eigenvalue weighted by Gasteiger charge is 2.35. The number of pyridine rings is 1. The molecule has 1 aromatic carbocycles. The molecular weight excluding hydrogens is 457 g/mol. The molecule has 0 radical (unpaired) electrons. The normalized spacial score (nSPS) is 15.7. The molecule has 160 valence electrons. The van der Waals surface area contributed by atoms with Crippen molar-refractivity contribution in [2.75, 3.05) is 11.9 Å². The van der Waals surface area contributed by atoms with Crippen molar-refractivity contribution in [3.05, 3.63) is 69.4 Å². The number of hydrogen-bond donors (Lipinski definition) is 2. The molecule has 0 aliphatic carbocycles. The van der Waals surface area contributed by atoms with Gasteiger partial charge in [0.15, 0.2) is 5.13 Å². The smallest absolute Gasteiger partial charge is 0.274 e. The van der Waals surface area contributed by atoms with Gasteiger partial charge in [-0.05, 0) is 37.1 Å². The Kier molecular flexibility index (Phi) is 6.70. The van der Waals surface area contributed by atoms with E-state index in [1.54, 1.807) is 34.7 Å². The summed E-state index contributed by atoms with van der Waals surface area (Å²) in [5.74, 6) is -0.451. The zero-order valence-corrected chi connectivity index (χ0v) is 18.7. The van der Waals surface area contributed by atoms with Crippen molar-refractivity contribution in [1.82, 2.24) is 20.2 Å². The second-order valence-corrected chi connectivity index (χ2v) is 8.60. The maximum absolute atomic E-state index is 13.0. The van der Waals surface area contributed by atoms with E-state index in [1.165, 1.54) is 11.3 Å².